The zero-order chi connectivity index (χ0) is 23.4. The summed E-state index contributed by atoms with van der Waals surface area (Å²) in [6.07, 6.45) is 0. The van der Waals surface area contributed by atoms with Gasteiger partial charge in [0.1, 0.15) is 17.2 Å². The van der Waals surface area contributed by atoms with Crippen molar-refractivity contribution >= 4 is 23.1 Å². The van der Waals surface area contributed by atoms with Crippen molar-refractivity contribution in [2.45, 2.75) is 13.5 Å². The highest BCUT2D eigenvalue weighted by Gasteiger charge is 2.43. The minimum Gasteiger partial charge on any atom is -0.497 e. The molecule has 1 aliphatic rings. The normalized spacial score (nSPS) is 13.5. The predicted molar refractivity (Wildman–Crippen MR) is 128 cm³/mol. The Morgan fingerprint density at radius 3 is 2.09 bits per heavy atom. The summed E-state index contributed by atoms with van der Waals surface area (Å²) >= 11 is 0. The highest BCUT2D eigenvalue weighted by molar-refractivity contribution is 6.45. The van der Waals surface area contributed by atoms with Crippen molar-refractivity contribution in [3.63, 3.8) is 0 Å². The van der Waals surface area contributed by atoms with Crippen LogP contribution in [0.1, 0.15) is 18.1 Å². The van der Waals surface area contributed by atoms with Gasteiger partial charge in [-0.15, -0.1) is 0 Å². The lowest BCUT2D eigenvalue weighted by Gasteiger charge is -2.25. The molecule has 1 aliphatic heterocycles. The van der Waals surface area contributed by atoms with E-state index in [0.717, 1.165) is 5.56 Å². The van der Waals surface area contributed by atoms with E-state index in [4.69, 9.17) is 9.47 Å². The van der Waals surface area contributed by atoms with Gasteiger partial charge < -0.3 is 14.4 Å². The van der Waals surface area contributed by atoms with Crippen LogP contribution in [0.25, 0.3) is 5.57 Å². The fourth-order valence-corrected chi connectivity index (χ4v) is 4.02. The number of benzene rings is 3. The Kier molecular flexibility index (Phi) is 6.45. The van der Waals surface area contributed by atoms with Gasteiger partial charge in [0.25, 0.3) is 11.8 Å². The average Bonchev–Trinajstić information content (AvgIpc) is 3.12. The Bertz CT molecular complexity index is 1190. The Balaban J connectivity index is 1.83. The van der Waals surface area contributed by atoms with E-state index in [1.54, 1.807) is 25.3 Å². The van der Waals surface area contributed by atoms with Crippen LogP contribution in [0.5, 0.6) is 11.5 Å². The number of carbonyl (C=O) groups excluding carboxylic acids is 2. The average molecular weight is 443 g/mol. The fraction of sp³-hybridized carbons (Fsp3) is 0.185. The summed E-state index contributed by atoms with van der Waals surface area (Å²) in [6, 6.07) is 24.3. The summed E-state index contributed by atoms with van der Waals surface area (Å²) in [5.74, 6) is 0.206. The van der Waals surface area contributed by atoms with Crippen molar-refractivity contribution in [2.75, 3.05) is 25.7 Å². The monoisotopic (exact) mass is 442 g/mol. The van der Waals surface area contributed by atoms with Gasteiger partial charge in [-0.05, 0) is 30.2 Å². The molecule has 0 spiro atoms. The van der Waals surface area contributed by atoms with Crippen LogP contribution in [-0.2, 0) is 16.1 Å². The van der Waals surface area contributed by atoms with Crippen LogP contribution in [0.4, 0.5) is 5.69 Å². The maximum Gasteiger partial charge on any atom is 0.282 e. The first-order chi connectivity index (χ1) is 16.1. The number of nitrogens with zero attached hydrogens (tertiary/aromatic N) is 2. The second-order valence-electron chi connectivity index (χ2n) is 7.57. The second kappa shape index (κ2) is 9.61. The smallest absolute Gasteiger partial charge is 0.282 e. The molecule has 6 nitrogen and oxygen atoms in total. The van der Waals surface area contributed by atoms with Crippen LogP contribution in [0, 0.1) is 0 Å². The summed E-state index contributed by atoms with van der Waals surface area (Å²) < 4.78 is 10.8. The van der Waals surface area contributed by atoms with Gasteiger partial charge in [-0.25, -0.2) is 4.90 Å². The molecule has 33 heavy (non-hydrogen) atoms. The zero-order valence-corrected chi connectivity index (χ0v) is 18.9. The van der Waals surface area contributed by atoms with E-state index in [2.05, 4.69) is 0 Å². The van der Waals surface area contributed by atoms with Crippen molar-refractivity contribution < 1.29 is 19.1 Å². The molecule has 6 heteroatoms. The third kappa shape index (κ3) is 4.20. The molecule has 168 valence electrons. The molecule has 2 amide bonds. The predicted octanol–water partition coefficient (Wildman–Crippen LogP) is 4.51. The lowest BCUT2D eigenvalue weighted by atomic mass is 10.0. The molecule has 0 aliphatic carbocycles. The molecule has 3 aromatic rings. The van der Waals surface area contributed by atoms with Crippen LogP contribution in [0.15, 0.2) is 84.6 Å². The summed E-state index contributed by atoms with van der Waals surface area (Å²) in [5, 5.41) is 0. The van der Waals surface area contributed by atoms with Crippen LogP contribution in [0.3, 0.4) is 0 Å². The molecule has 1 heterocycles. The van der Waals surface area contributed by atoms with Crippen molar-refractivity contribution in [3.05, 3.63) is 95.7 Å². The SMILES string of the molecule is CCN(Cc1ccccc1)C1=C(c2ccccc2)C(=O)N(c2ccc(OC)cc2OC)C1=O. The quantitative estimate of drug-likeness (QED) is 0.481. The molecule has 3 aromatic carbocycles. The maximum absolute atomic E-state index is 13.8. The van der Waals surface area contributed by atoms with Gasteiger partial charge in [-0.1, -0.05) is 60.7 Å². The second-order valence-corrected chi connectivity index (χ2v) is 7.57. The first kappa shape index (κ1) is 22.1. The summed E-state index contributed by atoms with van der Waals surface area (Å²) in [5.41, 5.74) is 2.91. The molecule has 0 aromatic heterocycles. The molecule has 0 fully saturated rings. The van der Waals surface area contributed by atoms with Gasteiger partial charge in [-0.2, -0.15) is 0 Å². The van der Waals surface area contributed by atoms with E-state index in [9.17, 15) is 9.59 Å². The summed E-state index contributed by atoms with van der Waals surface area (Å²) in [4.78, 5) is 30.7. The first-order valence-corrected chi connectivity index (χ1v) is 10.8. The Labute approximate surface area is 193 Å². The highest BCUT2D eigenvalue weighted by atomic mass is 16.5. The number of ether oxygens (including phenoxy) is 2. The molecule has 0 N–H and O–H groups in total. The number of imide groups is 1. The van der Waals surface area contributed by atoms with Gasteiger partial charge in [0, 0.05) is 19.2 Å². The number of anilines is 1. The Morgan fingerprint density at radius 1 is 0.818 bits per heavy atom. The van der Waals surface area contributed by atoms with E-state index < -0.39 is 0 Å². The van der Waals surface area contributed by atoms with E-state index in [-0.39, 0.29) is 11.8 Å². The van der Waals surface area contributed by atoms with Crippen molar-refractivity contribution in [3.8, 4) is 11.5 Å². The number of likely N-dealkylation sites (N-methyl/N-ethyl adjacent to an activating group) is 1. The van der Waals surface area contributed by atoms with Gasteiger partial charge in [0.15, 0.2) is 0 Å². The number of amides is 2. The number of hydrogen-bond acceptors (Lipinski definition) is 5. The van der Waals surface area contributed by atoms with E-state index in [1.165, 1.54) is 12.0 Å². The standard InChI is InChI=1S/C27H26N2O4/c1-4-28(18-19-11-7-5-8-12-19)25-24(20-13-9-6-10-14-20)26(30)29(27(25)31)22-16-15-21(32-2)17-23(22)33-3/h5-17H,4,18H2,1-3H3. The molecular weight excluding hydrogens is 416 g/mol. The van der Waals surface area contributed by atoms with Crippen LogP contribution < -0.4 is 14.4 Å². The molecular formula is C27H26N2O4. The number of rotatable bonds is 8. The summed E-state index contributed by atoms with van der Waals surface area (Å²) in [6.45, 7) is 3.05. The molecule has 0 radical (unpaired) electrons. The van der Waals surface area contributed by atoms with Crippen molar-refractivity contribution in [1.82, 2.24) is 4.90 Å². The van der Waals surface area contributed by atoms with Crippen LogP contribution in [-0.4, -0.2) is 37.5 Å². The highest BCUT2D eigenvalue weighted by Crippen LogP contribution is 2.40. The minimum absolute atomic E-state index is 0.375. The van der Waals surface area contributed by atoms with E-state index in [0.29, 0.717) is 47.1 Å². The number of methoxy groups -OCH3 is 2. The van der Waals surface area contributed by atoms with Crippen molar-refractivity contribution in [2.24, 2.45) is 0 Å². The third-order valence-corrected chi connectivity index (χ3v) is 5.66. The van der Waals surface area contributed by atoms with Gasteiger partial charge in [-0.3, -0.25) is 9.59 Å². The Hall–Kier alpha value is -4.06. The maximum atomic E-state index is 13.8. The van der Waals surface area contributed by atoms with Crippen LogP contribution >= 0.6 is 0 Å². The lowest BCUT2D eigenvalue weighted by molar-refractivity contribution is -0.120. The first-order valence-electron chi connectivity index (χ1n) is 10.8. The molecule has 0 atom stereocenters. The van der Waals surface area contributed by atoms with Gasteiger partial charge in [0.05, 0.1) is 25.5 Å². The number of hydrogen-bond donors (Lipinski definition) is 0. The zero-order valence-electron chi connectivity index (χ0n) is 18.9. The molecule has 0 saturated carbocycles. The third-order valence-electron chi connectivity index (χ3n) is 5.66. The molecule has 0 bridgehead atoms. The van der Waals surface area contributed by atoms with E-state index in [1.807, 2.05) is 72.5 Å². The number of carbonyl (C=O) groups is 2. The van der Waals surface area contributed by atoms with Crippen molar-refractivity contribution in [1.29, 1.82) is 0 Å². The van der Waals surface area contributed by atoms with E-state index >= 15 is 0 Å². The topological polar surface area (TPSA) is 59.1 Å². The molecule has 4 rings (SSSR count). The van der Waals surface area contributed by atoms with Gasteiger partial charge >= 0.3 is 0 Å². The summed E-state index contributed by atoms with van der Waals surface area (Å²) in [7, 11) is 3.06. The largest absolute Gasteiger partial charge is 0.497 e. The van der Waals surface area contributed by atoms with Gasteiger partial charge in [0.2, 0.25) is 0 Å². The lowest BCUT2D eigenvalue weighted by Crippen LogP contribution is -2.35. The molecule has 0 saturated heterocycles. The van der Waals surface area contributed by atoms with Crippen LogP contribution in [0.2, 0.25) is 0 Å². The minimum atomic E-state index is -0.379. The fourth-order valence-electron chi connectivity index (χ4n) is 4.02. The Morgan fingerprint density at radius 2 is 1.48 bits per heavy atom. The molecule has 0 unspecified atom stereocenters.